The second-order valence-electron chi connectivity index (χ2n) is 4.98. The number of rotatable bonds is 10. The van der Waals surface area contributed by atoms with Crippen LogP contribution in [0, 0.1) is 0 Å². The van der Waals surface area contributed by atoms with E-state index in [4.69, 9.17) is 10.5 Å². The van der Waals surface area contributed by atoms with Gasteiger partial charge in [0.2, 0.25) is 0 Å². The van der Waals surface area contributed by atoms with Gasteiger partial charge in [0.15, 0.2) is 0 Å². The maximum atomic E-state index is 5.85. The van der Waals surface area contributed by atoms with Gasteiger partial charge in [-0.05, 0) is 36.6 Å². The first-order valence-corrected chi connectivity index (χ1v) is 7.40. The molecule has 0 amide bonds. The summed E-state index contributed by atoms with van der Waals surface area (Å²) in [7, 11) is 0. The van der Waals surface area contributed by atoms with E-state index in [1.165, 1.54) is 32.1 Å². The van der Waals surface area contributed by atoms with E-state index in [9.17, 15) is 0 Å². The summed E-state index contributed by atoms with van der Waals surface area (Å²) in [6.07, 6.45) is 10.4. The first-order chi connectivity index (χ1) is 9.27. The van der Waals surface area contributed by atoms with Crippen LogP contribution in [0.25, 0.3) is 0 Å². The molecule has 0 aliphatic rings. The first-order valence-electron chi connectivity index (χ1n) is 7.40. The molecule has 1 rings (SSSR count). The van der Waals surface area contributed by atoms with Crippen molar-refractivity contribution < 1.29 is 4.74 Å². The molecule has 0 unspecified atom stereocenters. The molecule has 0 spiro atoms. The van der Waals surface area contributed by atoms with Crippen molar-refractivity contribution in [2.75, 3.05) is 12.3 Å². The minimum absolute atomic E-state index is 0.781. The van der Waals surface area contributed by atoms with Crippen LogP contribution >= 0.6 is 0 Å². The summed E-state index contributed by atoms with van der Waals surface area (Å²) < 4.78 is 5.85. The summed E-state index contributed by atoms with van der Waals surface area (Å²) in [6, 6.07) is 5.83. The molecule has 0 aliphatic heterocycles. The largest absolute Gasteiger partial charge is 0.493 e. The van der Waals surface area contributed by atoms with Crippen LogP contribution in [0.15, 0.2) is 30.9 Å². The van der Waals surface area contributed by atoms with Crippen molar-refractivity contribution in [1.82, 2.24) is 0 Å². The number of nitrogen functional groups attached to an aromatic ring is 1. The van der Waals surface area contributed by atoms with Crippen LogP contribution in [-0.2, 0) is 6.42 Å². The van der Waals surface area contributed by atoms with Crippen molar-refractivity contribution in [1.29, 1.82) is 0 Å². The van der Waals surface area contributed by atoms with Crippen LogP contribution in [0.3, 0.4) is 0 Å². The molecule has 0 bridgehead atoms. The van der Waals surface area contributed by atoms with Crippen LogP contribution in [0.4, 0.5) is 5.69 Å². The van der Waals surface area contributed by atoms with E-state index in [0.29, 0.717) is 0 Å². The average molecular weight is 261 g/mol. The van der Waals surface area contributed by atoms with Crippen molar-refractivity contribution in [2.24, 2.45) is 0 Å². The second kappa shape index (κ2) is 9.48. The average Bonchev–Trinajstić information content (AvgIpc) is 2.40. The van der Waals surface area contributed by atoms with Gasteiger partial charge in [-0.2, -0.15) is 0 Å². The molecule has 0 radical (unpaired) electrons. The Balaban J connectivity index is 2.30. The lowest BCUT2D eigenvalue weighted by atomic mass is 10.1. The monoisotopic (exact) mass is 261 g/mol. The van der Waals surface area contributed by atoms with Gasteiger partial charge in [-0.3, -0.25) is 0 Å². The number of allylic oxidation sites excluding steroid dienone is 1. The smallest absolute Gasteiger partial charge is 0.122 e. The molecule has 0 aliphatic carbocycles. The second-order valence-corrected chi connectivity index (χ2v) is 4.98. The summed E-state index contributed by atoms with van der Waals surface area (Å²) in [4.78, 5) is 0. The van der Waals surface area contributed by atoms with Crippen molar-refractivity contribution in [3.63, 3.8) is 0 Å². The molecule has 0 saturated heterocycles. The summed E-state index contributed by atoms with van der Waals surface area (Å²) in [6.45, 7) is 6.80. The van der Waals surface area contributed by atoms with E-state index >= 15 is 0 Å². The zero-order chi connectivity index (χ0) is 13.9. The highest BCUT2D eigenvalue weighted by Crippen LogP contribution is 2.22. The number of hydrogen-bond donors (Lipinski definition) is 1. The fraction of sp³-hybridized carbons (Fsp3) is 0.529. The number of unbranched alkanes of at least 4 members (excludes halogenated alkanes) is 5. The van der Waals surface area contributed by atoms with Gasteiger partial charge < -0.3 is 10.5 Å². The Morgan fingerprint density at radius 1 is 1.16 bits per heavy atom. The maximum absolute atomic E-state index is 5.85. The number of hydrogen-bond acceptors (Lipinski definition) is 2. The number of nitrogens with two attached hydrogens (primary N) is 1. The Bertz CT molecular complexity index is 374. The molecule has 2 nitrogen and oxygen atoms in total. The highest BCUT2D eigenvalue weighted by atomic mass is 16.5. The zero-order valence-electron chi connectivity index (χ0n) is 12.2. The lowest BCUT2D eigenvalue weighted by Gasteiger charge is -2.11. The van der Waals surface area contributed by atoms with Crippen molar-refractivity contribution in [3.8, 4) is 5.75 Å². The van der Waals surface area contributed by atoms with Crippen molar-refractivity contribution in [2.45, 2.75) is 51.9 Å². The van der Waals surface area contributed by atoms with E-state index in [1.54, 1.807) is 0 Å². The van der Waals surface area contributed by atoms with E-state index in [2.05, 4.69) is 13.5 Å². The van der Waals surface area contributed by atoms with E-state index in [-0.39, 0.29) is 0 Å². The summed E-state index contributed by atoms with van der Waals surface area (Å²) in [5, 5.41) is 0. The SMILES string of the molecule is C=CCc1cc(N)ccc1OCCCCCCCC. The van der Waals surface area contributed by atoms with Gasteiger partial charge in [0.05, 0.1) is 6.61 Å². The lowest BCUT2D eigenvalue weighted by molar-refractivity contribution is 0.302. The first kappa shape index (κ1) is 15.6. The fourth-order valence-electron chi connectivity index (χ4n) is 2.12. The van der Waals surface area contributed by atoms with Crippen LogP contribution in [-0.4, -0.2) is 6.61 Å². The minimum atomic E-state index is 0.781. The number of anilines is 1. The van der Waals surface area contributed by atoms with Crippen LogP contribution in [0.5, 0.6) is 5.75 Å². The topological polar surface area (TPSA) is 35.2 Å². The number of benzene rings is 1. The van der Waals surface area contributed by atoms with Gasteiger partial charge in [0.1, 0.15) is 5.75 Å². The molecule has 0 atom stereocenters. The Kier molecular flexibility index (Phi) is 7.80. The fourth-order valence-corrected chi connectivity index (χ4v) is 2.12. The molecule has 106 valence electrons. The highest BCUT2D eigenvalue weighted by Gasteiger charge is 2.02. The van der Waals surface area contributed by atoms with Crippen LogP contribution in [0.1, 0.15) is 51.0 Å². The van der Waals surface area contributed by atoms with Gasteiger partial charge in [0, 0.05) is 5.69 Å². The third-order valence-corrected chi connectivity index (χ3v) is 3.20. The van der Waals surface area contributed by atoms with Crippen molar-refractivity contribution in [3.05, 3.63) is 36.4 Å². The van der Waals surface area contributed by atoms with E-state index < -0.39 is 0 Å². The molecule has 19 heavy (non-hydrogen) atoms. The molecule has 0 aromatic heterocycles. The molecule has 1 aromatic rings. The Morgan fingerprint density at radius 3 is 2.63 bits per heavy atom. The van der Waals surface area contributed by atoms with Gasteiger partial charge in [-0.1, -0.05) is 45.1 Å². The van der Waals surface area contributed by atoms with Gasteiger partial charge in [-0.15, -0.1) is 6.58 Å². The highest BCUT2D eigenvalue weighted by molar-refractivity contribution is 5.48. The molecule has 0 fully saturated rings. The molecule has 2 N–H and O–H groups in total. The predicted molar refractivity (Wildman–Crippen MR) is 83.6 cm³/mol. The molecule has 0 heterocycles. The van der Waals surface area contributed by atoms with Crippen LogP contribution in [0.2, 0.25) is 0 Å². The molecule has 0 saturated carbocycles. The Morgan fingerprint density at radius 2 is 1.89 bits per heavy atom. The van der Waals surface area contributed by atoms with Crippen LogP contribution < -0.4 is 10.5 Å². The van der Waals surface area contributed by atoms with E-state index in [1.807, 2.05) is 24.3 Å². The number of ether oxygens (including phenoxy) is 1. The zero-order valence-corrected chi connectivity index (χ0v) is 12.2. The predicted octanol–water partition coefficient (Wildman–Crippen LogP) is 4.74. The Hall–Kier alpha value is -1.44. The Labute approximate surface area is 117 Å². The molecule has 2 heteroatoms. The molecular weight excluding hydrogens is 234 g/mol. The third-order valence-electron chi connectivity index (χ3n) is 3.20. The summed E-state index contributed by atoms with van der Waals surface area (Å²) >= 11 is 0. The summed E-state index contributed by atoms with van der Waals surface area (Å²) in [5.41, 5.74) is 7.70. The third kappa shape index (κ3) is 6.32. The standard InChI is InChI=1S/C17H27NO/c1-3-5-6-7-8-9-13-19-17-12-11-16(18)14-15(17)10-4-2/h4,11-12,14H,2-3,5-10,13,18H2,1H3. The normalized spacial score (nSPS) is 10.4. The minimum Gasteiger partial charge on any atom is -0.493 e. The lowest BCUT2D eigenvalue weighted by Crippen LogP contribution is -2.01. The maximum Gasteiger partial charge on any atom is 0.122 e. The summed E-state index contributed by atoms with van der Waals surface area (Å²) in [5.74, 6) is 0.947. The van der Waals surface area contributed by atoms with Gasteiger partial charge >= 0.3 is 0 Å². The van der Waals surface area contributed by atoms with Crippen molar-refractivity contribution >= 4 is 5.69 Å². The van der Waals surface area contributed by atoms with E-state index in [0.717, 1.165) is 36.4 Å². The van der Waals surface area contributed by atoms with Gasteiger partial charge in [0.25, 0.3) is 0 Å². The molecule has 1 aromatic carbocycles. The van der Waals surface area contributed by atoms with Gasteiger partial charge in [-0.25, -0.2) is 0 Å². The quantitative estimate of drug-likeness (QED) is 0.375. The molecular formula is C17H27NO.